The molecule has 0 aliphatic heterocycles. The predicted octanol–water partition coefficient (Wildman–Crippen LogP) is 2.39. The molecule has 1 N–H and O–H groups in total. The molecule has 0 saturated carbocycles. The van der Waals surface area contributed by atoms with E-state index in [1.54, 1.807) is 0 Å². The highest BCUT2D eigenvalue weighted by Gasteiger charge is 2.28. The van der Waals surface area contributed by atoms with Crippen LogP contribution in [0.25, 0.3) is 0 Å². The van der Waals surface area contributed by atoms with Gasteiger partial charge in [-0.15, -0.1) is 11.3 Å². The second kappa shape index (κ2) is 5.81. The number of nitrogens with zero attached hydrogens (tertiary/aromatic N) is 4. The Morgan fingerprint density at radius 1 is 1.52 bits per heavy atom. The number of anilines is 1. The average Bonchev–Trinajstić information content (AvgIpc) is 3.07. The van der Waals surface area contributed by atoms with Crippen molar-refractivity contribution in [3.63, 3.8) is 0 Å². The van der Waals surface area contributed by atoms with Crippen molar-refractivity contribution in [2.45, 2.75) is 25.7 Å². The van der Waals surface area contributed by atoms with E-state index < -0.39 is 10.8 Å². The number of nitrogens with one attached hydrogen (secondary N) is 1. The number of hydrogen-bond acceptors (Lipinski definition) is 6. The smallest absolute Gasteiger partial charge is 0.311 e. The Morgan fingerprint density at radius 2 is 2.26 bits per heavy atom. The first kappa shape index (κ1) is 15.2. The van der Waals surface area contributed by atoms with Crippen molar-refractivity contribution in [3.8, 4) is 6.07 Å². The third-order valence-electron chi connectivity index (χ3n) is 3.84. The number of fused-ring (bicyclic) bond motifs is 1. The summed E-state index contributed by atoms with van der Waals surface area (Å²) in [7, 11) is 1.46. The minimum Gasteiger partial charge on any atom is -0.311 e. The molecule has 0 unspecified atom stereocenters. The summed E-state index contributed by atoms with van der Waals surface area (Å²) in [4.78, 5) is 23.9. The Morgan fingerprint density at radius 3 is 2.96 bits per heavy atom. The molecule has 3 rings (SSSR count). The Kier molecular flexibility index (Phi) is 3.83. The highest BCUT2D eigenvalue weighted by atomic mass is 32.1. The maximum absolute atomic E-state index is 12.4. The lowest BCUT2D eigenvalue weighted by molar-refractivity contribution is -0.385. The van der Waals surface area contributed by atoms with Crippen molar-refractivity contribution in [3.05, 3.63) is 38.0 Å². The van der Waals surface area contributed by atoms with Gasteiger partial charge in [0.05, 0.1) is 10.5 Å². The lowest BCUT2D eigenvalue weighted by Crippen LogP contribution is -2.17. The molecule has 0 saturated heterocycles. The molecule has 118 valence electrons. The van der Waals surface area contributed by atoms with Crippen molar-refractivity contribution in [2.75, 3.05) is 5.32 Å². The normalized spacial score (nSPS) is 13.2. The molecule has 1 aliphatic rings. The third kappa shape index (κ3) is 2.57. The van der Waals surface area contributed by atoms with Crippen molar-refractivity contribution in [2.24, 2.45) is 7.05 Å². The summed E-state index contributed by atoms with van der Waals surface area (Å²) >= 11 is 1.38. The molecule has 0 spiro atoms. The van der Waals surface area contributed by atoms with Gasteiger partial charge >= 0.3 is 5.69 Å². The monoisotopic (exact) mass is 331 g/mol. The summed E-state index contributed by atoms with van der Waals surface area (Å²) in [5.41, 5.74) is 0.983. The molecular formula is C14H13N5O3S. The summed E-state index contributed by atoms with van der Waals surface area (Å²) in [5, 5.41) is 27.2. The lowest BCUT2D eigenvalue weighted by atomic mass is 9.96. The van der Waals surface area contributed by atoms with Crippen LogP contribution in [-0.4, -0.2) is 20.6 Å². The SMILES string of the molecule is Cn1ncc([N+](=O)[O-])c1C(=O)Nc1sc2c(c1C#N)CCCC2. The van der Waals surface area contributed by atoms with E-state index in [2.05, 4.69) is 16.5 Å². The summed E-state index contributed by atoms with van der Waals surface area (Å²) < 4.78 is 1.16. The van der Waals surface area contributed by atoms with Crippen LogP contribution in [-0.2, 0) is 19.9 Å². The van der Waals surface area contributed by atoms with E-state index in [4.69, 9.17) is 0 Å². The minimum atomic E-state index is -0.646. The molecule has 2 aromatic heterocycles. The molecule has 9 heteroatoms. The van der Waals surface area contributed by atoms with Gasteiger partial charge in [-0.2, -0.15) is 10.4 Å². The number of nitriles is 1. The van der Waals surface area contributed by atoms with Crippen LogP contribution in [0, 0.1) is 21.4 Å². The molecule has 0 bridgehead atoms. The highest BCUT2D eigenvalue weighted by molar-refractivity contribution is 7.16. The number of rotatable bonds is 3. The van der Waals surface area contributed by atoms with Gasteiger partial charge in [-0.1, -0.05) is 0 Å². The lowest BCUT2D eigenvalue weighted by Gasteiger charge is -2.09. The largest absolute Gasteiger partial charge is 0.320 e. The van der Waals surface area contributed by atoms with Crippen LogP contribution in [0.2, 0.25) is 0 Å². The third-order valence-corrected chi connectivity index (χ3v) is 5.05. The molecule has 0 aromatic carbocycles. The summed E-state index contributed by atoms with van der Waals surface area (Å²) in [5.74, 6) is -0.633. The van der Waals surface area contributed by atoms with Gasteiger partial charge in [0.25, 0.3) is 5.91 Å². The van der Waals surface area contributed by atoms with Crippen molar-refractivity contribution < 1.29 is 9.72 Å². The fourth-order valence-corrected chi connectivity index (χ4v) is 3.99. The highest BCUT2D eigenvalue weighted by Crippen LogP contribution is 2.38. The summed E-state index contributed by atoms with van der Waals surface area (Å²) in [6.45, 7) is 0. The van der Waals surface area contributed by atoms with E-state index in [0.717, 1.165) is 47.0 Å². The maximum Gasteiger partial charge on any atom is 0.320 e. The first-order valence-corrected chi connectivity index (χ1v) is 7.87. The second-order valence-corrected chi connectivity index (χ2v) is 6.35. The van der Waals surface area contributed by atoms with Crippen LogP contribution in [0.4, 0.5) is 10.7 Å². The topological polar surface area (TPSA) is 114 Å². The molecule has 0 atom stereocenters. The molecule has 0 fully saturated rings. The maximum atomic E-state index is 12.4. The molecule has 2 heterocycles. The summed E-state index contributed by atoms with van der Waals surface area (Å²) in [6, 6.07) is 2.15. The van der Waals surface area contributed by atoms with Crippen LogP contribution >= 0.6 is 11.3 Å². The fourth-order valence-electron chi connectivity index (χ4n) is 2.76. The Labute approximate surface area is 135 Å². The van der Waals surface area contributed by atoms with Crippen LogP contribution in [0.3, 0.4) is 0 Å². The van der Waals surface area contributed by atoms with Crippen molar-refractivity contribution >= 4 is 27.9 Å². The van der Waals surface area contributed by atoms with Gasteiger partial charge in [0.2, 0.25) is 5.69 Å². The Hall–Kier alpha value is -2.73. The van der Waals surface area contributed by atoms with E-state index in [1.165, 1.54) is 18.4 Å². The minimum absolute atomic E-state index is 0.134. The van der Waals surface area contributed by atoms with E-state index in [1.807, 2.05) is 0 Å². The molecule has 2 aromatic rings. The van der Waals surface area contributed by atoms with Gasteiger partial charge in [0, 0.05) is 11.9 Å². The van der Waals surface area contributed by atoms with Gasteiger partial charge in [-0.25, -0.2) is 0 Å². The molecule has 0 radical (unpaired) electrons. The Bertz CT molecular complexity index is 845. The standard InChI is InChI=1S/C14H13N5O3S/c1-18-12(10(7-16-18)19(21)22)13(20)17-14-9(6-15)8-4-2-3-5-11(8)23-14/h7H,2-5H2,1H3,(H,17,20). The van der Waals surface area contributed by atoms with E-state index >= 15 is 0 Å². The number of amides is 1. The summed E-state index contributed by atoms with van der Waals surface area (Å²) in [6.07, 6.45) is 4.87. The van der Waals surface area contributed by atoms with Gasteiger partial charge in [-0.05, 0) is 31.2 Å². The van der Waals surface area contributed by atoms with Crippen LogP contribution in [0.15, 0.2) is 6.20 Å². The first-order chi connectivity index (χ1) is 11.0. The number of hydrogen-bond donors (Lipinski definition) is 1. The zero-order valence-electron chi connectivity index (χ0n) is 12.3. The fraction of sp³-hybridized carbons (Fsp3) is 0.357. The number of aryl methyl sites for hydroxylation is 2. The number of thiophene rings is 1. The first-order valence-electron chi connectivity index (χ1n) is 7.05. The van der Waals surface area contributed by atoms with Gasteiger partial charge in [-0.3, -0.25) is 19.6 Å². The molecule has 1 amide bonds. The van der Waals surface area contributed by atoms with Gasteiger partial charge < -0.3 is 5.32 Å². The number of carbonyl (C=O) groups is 1. The molecule has 23 heavy (non-hydrogen) atoms. The molecular weight excluding hydrogens is 318 g/mol. The number of aromatic nitrogens is 2. The van der Waals surface area contributed by atoms with Crippen molar-refractivity contribution in [1.29, 1.82) is 5.26 Å². The number of carbonyl (C=O) groups excluding carboxylic acids is 1. The Balaban J connectivity index is 1.96. The van der Waals surface area contributed by atoms with Crippen LogP contribution < -0.4 is 5.32 Å². The zero-order valence-corrected chi connectivity index (χ0v) is 13.1. The second-order valence-electron chi connectivity index (χ2n) is 5.24. The quantitative estimate of drug-likeness (QED) is 0.685. The predicted molar refractivity (Wildman–Crippen MR) is 83.5 cm³/mol. The van der Waals surface area contributed by atoms with E-state index in [0.29, 0.717) is 10.6 Å². The van der Waals surface area contributed by atoms with Crippen LogP contribution in [0.5, 0.6) is 0 Å². The molecule has 1 aliphatic carbocycles. The average molecular weight is 331 g/mol. The van der Waals surface area contributed by atoms with E-state index in [9.17, 15) is 20.2 Å². The van der Waals surface area contributed by atoms with Crippen molar-refractivity contribution in [1.82, 2.24) is 9.78 Å². The van der Waals surface area contributed by atoms with Crippen LogP contribution in [0.1, 0.15) is 39.3 Å². The zero-order chi connectivity index (χ0) is 16.6. The van der Waals surface area contributed by atoms with Gasteiger partial charge in [0.1, 0.15) is 17.3 Å². The number of nitro groups is 1. The van der Waals surface area contributed by atoms with E-state index in [-0.39, 0.29) is 11.4 Å². The molecule has 8 nitrogen and oxygen atoms in total. The van der Waals surface area contributed by atoms with Gasteiger partial charge in [0.15, 0.2) is 0 Å².